The lowest BCUT2D eigenvalue weighted by molar-refractivity contribution is -0.384. The molecule has 22 heavy (non-hydrogen) atoms. The number of halogens is 1. The largest absolute Gasteiger partial charge is 0.484 e. The average Bonchev–Trinajstić information content (AvgIpc) is 2.52. The Hall–Kier alpha value is -2.16. The maximum atomic E-state index is 11.7. The van der Waals surface area contributed by atoms with E-state index in [1.165, 1.54) is 12.1 Å². The van der Waals surface area contributed by atoms with Crippen molar-refractivity contribution in [2.24, 2.45) is 0 Å². The van der Waals surface area contributed by atoms with Crippen molar-refractivity contribution in [2.75, 3.05) is 6.61 Å². The zero-order chi connectivity index (χ0) is 15.9. The Labute approximate surface area is 140 Å². The lowest BCUT2D eigenvalue weighted by atomic mass is 10.2. The summed E-state index contributed by atoms with van der Waals surface area (Å²) in [5.74, 6) is 0.378. The van der Waals surface area contributed by atoms with E-state index in [1.807, 2.05) is 12.1 Å². The third-order valence-corrected chi connectivity index (χ3v) is 3.54. The second-order valence-corrected chi connectivity index (χ2v) is 5.69. The first kappa shape index (κ1) is 16.2. The Morgan fingerprint density at radius 3 is 2.36 bits per heavy atom. The highest BCUT2D eigenvalue weighted by molar-refractivity contribution is 14.1. The number of rotatable bonds is 6. The van der Waals surface area contributed by atoms with Crippen molar-refractivity contribution in [3.05, 3.63) is 67.8 Å². The zero-order valence-electron chi connectivity index (χ0n) is 11.5. The summed E-state index contributed by atoms with van der Waals surface area (Å²) in [4.78, 5) is 21.8. The van der Waals surface area contributed by atoms with E-state index in [9.17, 15) is 14.9 Å². The molecular formula is C15H13IN2O4. The quantitative estimate of drug-likeness (QED) is 0.450. The Balaban J connectivity index is 1.77. The molecule has 0 aliphatic heterocycles. The van der Waals surface area contributed by atoms with Crippen molar-refractivity contribution >= 4 is 34.2 Å². The van der Waals surface area contributed by atoms with E-state index in [0.717, 1.165) is 9.13 Å². The van der Waals surface area contributed by atoms with Gasteiger partial charge in [-0.15, -0.1) is 0 Å². The lowest BCUT2D eigenvalue weighted by Gasteiger charge is -2.07. The number of carbonyl (C=O) groups excluding carboxylic acids is 1. The molecule has 0 saturated heterocycles. The monoisotopic (exact) mass is 412 g/mol. The minimum absolute atomic E-state index is 0.0251. The topological polar surface area (TPSA) is 81.5 Å². The minimum atomic E-state index is -0.461. The molecule has 1 amide bonds. The third-order valence-electron chi connectivity index (χ3n) is 2.82. The maximum absolute atomic E-state index is 11.7. The fourth-order valence-corrected chi connectivity index (χ4v) is 2.03. The van der Waals surface area contributed by atoms with Crippen molar-refractivity contribution in [1.82, 2.24) is 5.32 Å². The van der Waals surface area contributed by atoms with Gasteiger partial charge >= 0.3 is 0 Å². The first-order valence-corrected chi connectivity index (χ1v) is 7.51. The molecule has 0 atom stereocenters. The van der Waals surface area contributed by atoms with Crippen molar-refractivity contribution in [3.63, 3.8) is 0 Å². The molecule has 0 unspecified atom stereocenters. The van der Waals surface area contributed by atoms with Crippen LogP contribution >= 0.6 is 22.6 Å². The molecule has 2 aromatic carbocycles. The number of benzene rings is 2. The van der Waals surface area contributed by atoms with E-state index in [0.29, 0.717) is 12.3 Å². The number of nitro benzene ring substituents is 1. The van der Waals surface area contributed by atoms with Gasteiger partial charge in [-0.3, -0.25) is 14.9 Å². The molecule has 1 N–H and O–H groups in total. The van der Waals surface area contributed by atoms with Crippen LogP contribution in [0.3, 0.4) is 0 Å². The zero-order valence-corrected chi connectivity index (χ0v) is 13.6. The molecule has 0 fully saturated rings. The Morgan fingerprint density at radius 1 is 1.14 bits per heavy atom. The van der Waals surface area contributed by atoms with Gasteiger partial charge in [0.2, 0.25) is 0 Å². The van der Waals surface area contributed by atoms with Gasteiger partial charge in [0, 0.05) is 22.2 Å². The van der Waals surface area contributed by atoms with Gasteiger partial charge in [-0.05, 0) is 52.4 Å². The van der Waals surface area contributed by atoms with E-state index in [1.54, 1.807) is 24.3 Å². The molecular weight excluding hydrogens is 399 g/mol. The summed E-state index contributed by atoms with van der Waals surface area (Å²) in [7, 11) is 0. The number of carbonyl (C=O) groups is 1. The number of non-ortho nitro benzene ring substituents is 1. The van der Waals surface area contributed by atoms with Crippen molar-refractivity contribution in [3.8, 4) is 5.75 Å². The van der Waals surface area contributed by atoms with Crippen molar-refractivity contribution < 1.29 is 14.5 Å². The van der Waals surface area contributed by atoms with Gasteiger partial charge in [-0.1, -0.05) is 12.1 Å². The molecule has 2 rings (SSSR count). The van der Waals surface area contributed by atoms with Crippen LogP contribution in [0.4, 0.5) is 5.69 Å². The van der Waals surface area contributed by atoms with Crippen LogP contribution in [-0.4, -0.2) is 17.4 Å². The van der Waals surface area contributed by atoms with E-state index >= 15 is 0 Å². The summed E-state index contributed by atoms with van der Waals surface area (Å²) in [5, 5.41) is 13.2. The minimum Gasteiger partial charge on any atom is -0.484 e. The SMILES string of the molecule is O=C(COc1ccc(I)cc1)NCc1ccc([N+](=O)[O-])cc1. The van der Waals surface area contributed by atoms with Crippen LogP contribution in [0.1, 0.15) is 5.56 Å². The van der Waals surface area contributed by atoms with Crippen LogP contribution < -0.4 is 10.1 Å². The average molecular weight is 412 g/mol. The van der Waals surface area contributed by atoms with Crippen LogP contribution in [0, 0.1) is 13.7 Å². The molecule has 0 bridgehead atoms. The predicted molar refractivity (Wildman–Crippen MR) is 89.6 cm³/mol. The van der Waals surface area contributed by atoms with E-state index in [4.69, 9.17) is 4.74 Å². The van der Waals surface area contributed by atoms with Gasteiger partial charge in [-0.2, -0.15) is 0 Å². The Morgan fingerprint density at radius 2 is 1.77 bits per heavy atom. The van der Waals surface area contributed by atoms with E-state index < -0.39 is 4.92 Å². The molecule has 114 valence electrons. The number of hydrogen-bond donors (Lipinski definition) is 1. The number of amides is 1. The van der Waals surface area contributed by atoms with Gasteiger partial charge < -0.3 is 10.1 Å². The highest BCUT2D eigenvalue weighted by Crippen LogP contribution is 2.13. The molecule has 0 radical (unpaired) electrons. The second-order valence-electron chi connectivity index (χ2n) is 4.44. The Kier molecular flexibility index (Phi) is 5.70. The molecule has 0 spiro atoms. The highest BCUT2D eigenvalue weighted by atomic mass is 127. The predicted octanol–water partition coefficient (Wildman–Crippen LogP) is 2.89. The Bertz CT molecular complexity index is 656. The molecule has 2 aromatic rings. The molecule has 0 aliphatic rings. The van der Waals surface area contributed by atoms with Crippen molar-refractivity contribution in [1.29, 1.82) is 0 Å². The number of nitrogens with zero attached hydrogens (tertiary/aromatic N) is 1. The molecule has 0 heterocycles. The summed E-state index contributed by atoms with van der Waals surface area (Å²) in [5.41, 5.74) is 0.810. The normalized spacial score (nSPS) is 10.0. The van der Waals surface area contributed by atoms with Crippen LogP contribution in [-0.2, 0) is 11.3 Å². The van der Waals surface area contributed by atoms with Crippen LogP contribution in [0.15, 0.2) is 48.5 Å². The fourth-order valence-electron chi connectivity index (χ4n) is 1.67. The molecule has 6 nitrogen and oxygen atoms in total. The molecule has 0 aliphatic carbocycles. The van der Waals surface area contributed by atoms with E-state index in [-0.39, 0.29) is 18.2 Å². The van der Waals surface area contributed by atoms with Crippen LogP contribution in [0.2, 0.25) is 0 Å². The second kappa shape index (κ2) is 7.74. The molecule has 7 heteroatoms. The lowest BCUT2D eigenvalue weighted by Crippen LogP contribution is -2.28. The first-order chi connectivity index (χ1) is 10.5. The van der Waals surface area contributed by atoms with Gasteiger partial charge in [0.1, 0.15) is 5.75 Å². The smallest absolute Gasteiger partial charge is 0.269 e. The van der Waals surface area contributed by atoms with Gasteiger partial charge in [-0.25, -0.2) is 0 Å². The van der Waals surface area contributed by atoms with Gasteiger partial charge in [0.25, 0.3) is 11.6 Å². The molecule has 0 aromatic heterocycles. The van der Waals surface area contributed by atoms with Crippen LogP contribution in [0.25, 0.3) is 0 Å². The molecule has 0 saturated carbocycles. The van der Waals surface area contributed by atoms with Gasteiger partial charge in [0.05, 0.1) is 4.92 Å². The summed E-state index contributed by atoms with van der Waals surface area (Å²) < 4.78 is 6.45. The van der Waals surface area contributed by atoms with Crippen molar-refractivity contribution in [2.45, 2.75) is 6.54 Å². The standard InChI is InChI=1S/C15H13IN2O4/c16-12-3-7-14(8-4-12)22-10-15(19)17-9-11-1-5-13(6-2-11)18(20)21/h1-8H,9-10H2,(H,17,19). The van der Waals surface area contributed by atoms with E-state index in [2.05, 4.69) is 27.9 Å². The summed E-state index contributed by atoms with van der Waals surface area (Å²) in [6.45, 7) is 0.223. The van der Waals surface area contributed by atoms with Gasteiger partial charge in [0.15, 0.2) is 6.61 Å². The summed E-state index contributed by atoms with van der Waals surface area (Å²) in [6, 6.07) is 13.4. The maximum Gasteiger partial charge on any atom is 0.269 e. The third kappa shape index (κ3) is 4.99. The van der Waals surface area contributed by atoms with Crippen LogP contribution in [0.5, 0.6) is 5.75 Å². The summed E-state index contributed by atoms with van der Waals surface area (Å²) in [6.07, 6.45) is 0. The number of ether oxygens (including phenoxy) is 1. The first-order valence-electron chi connectivity index (χ1n) is 6.43. The number of hydrogen-bond acceptors (Lipinski definition) is 4. The highest BCUT2D eigenvalue weighted by Gasteiger charge is 2.06. The summed E-state index contributed by atoms with van der Waals surface area (Å²) >= 11 is 2.19. The number of nitro groups is 1. The number of nitrogens with one attached hydrogen (secondary N) is 1. The fraction of sp³-hybridized carbons (Fsp3) is 0.133.